The van der Waals surface area contributed by atoms with Gasteiger partial charge in [0.2, 0.25) is 10.0 Å². The number of benzene rings is 1. The van der Waals surface area contributed by atoms with Crippen molar-refractivity contribution in [2.45, 2.75) is 0 Å². The van der Waals surface area contributed by atoms with Crippen LogP contribution in [0.2, 0.25) is 0 Å². The minimum atomic E-state index is -3.17. The lowest BCUT2D eigenvalue weighted by Gasteiger charge is -2.02. The fourth-order valence-corrected chi connectivity index (χ4v) is 2.62. The molecule has 0 fully saturated rings. The topological polar surface area (TPSA) is 46.2 Å². The molecule has 0 radical (unpaired) electrons. The molecule has 14 heavy (non-hydrogen) atoms. The number of hydrogen-bond acceptors (Lipinski definition) is 3. The molecule has 2 aromatic rings. The summed E-state index contributed by atoms with van der Waals surface area (Å²) in [6.07, 6.45) is 1.14. The first-order valence-corrected chi connectivity index (χ1v) is 6.77. The third kappa shape index (κ3) is 2.05. The molecule has 1 heterocycles. The fourth-order valence-electron chi connectivity index (χ4n) is 1.23. The Labute approximate surface area is 86.4 Å². The van der Waals surface area contributed by atoms with E-state index in [4.69, 9.17) is 0 Å². The van der Waals surface area contributed by atoms with E-state index in [1.807, 2.05) is 23.6 Å². The Bertz CT molecular complexity index is 557. The minimum Gasteiger partial charge on any atom is -0.284 e. The van der Waals surface area contributed by atoms with Gasteiger partial charge in [0.05, 0.1) is 6.26 Å². The largest absolute Gasteiger partial charge is 0.284 e. The Kier molecular flexibility index (Phi) is 2.20. The predicted molar refractivity (Wildman–Crippen MR) is 60.3 cm³/mol. The van der Waals surface area contributed by atoms with Crippen LogP contribution in [0, 0.1) is 0 Å². The molecule has 0 saturated heterocycles. The Hall–Kier alpha value is -1.07. The molecule has 0 aliphatic heterocycles. The summed E-state index contributed by atoms with van der Waals surface area (Å²) < 4.78 is 25.5. The number of hydrogen-bond donors (Lipinski definition) is 1. The summed E-state index contributed by atoms with van der Waals surface area (Å²) in [4.78, 5) is 0. The summed E-state index contributed by atoms with van der Waals surface area (Å²) in [6.45, 7) is 0. The standard InChI is InChI=1S/C9H9NO2S2/c1-14(11,12)10-8-3-2-7-4-5-13-9(7)6-8/h2-6,10H,1H3. The second-order valence-electron chi connectivity index (χ2n) is 3.05. The van der Waals surface area contributed by atoms with Gasteiger partial charge in [0.15, 0.2) is 0 Å². The molecule has 0 atom stereocenters. The van der Waals surface area contributed by atoms with Gasteiger partial charge in [0.25, 0.3) is 0 Å². The van der Waals surface area contributed by atoms with E-state index >= 15 is 0 Å². The molecule has 74 valence electrons. The van der Waals surface area contributed by atoms with Crippen LogP contribution in [0.25, 0.3) is 10.1 Å². The molecule has 1 N–H and O–H groups in total. The molecular weight excluding hydrogens is 218 g/mol. The van der Waals surface area contributed by atoms with Crippen molar-refractivity contribution in [3.05, 3.63) is 29.6 Å². The molecule has 2 rings (SSSR count). The van der Waals surface area contributed by atoms with E-state index in [1.165, 1.54) is 0 Å². The highest BCUT2D eigenvalue weighted by molar-refractivity contribution is 7.92. The summed E-state index contributed by atoms with van der Waals surface area (Å²) in [5.41, 5.74) is 0.613. The number of nitrogens with one attached hydrogen (secondary N) is 1. The Morgan fingerprint density at radius 2 is 2.07 bits per heavy atom. The van der Waals surface area contributed by atoms with E-state index in [0.717, 1.165) is 16.3 Å². The van der Waals surface area contributed by atoms with Crippen LogP contribution in [0.5, 0.6) is 0 Å². The average Bonchev–Trinajstić information content (AvgIpc) is 2.47. The number of sulfonamides is 1. The van der Waals surface area contributed by atoms with Crippen molar-refractivity contribution in [2.75, 3.05) is 11.0 Å². The highest BCUT2D eigenvalue weighted by Gasteiger charge is 2.02. The van der Waals surface area contributed by atoms with Crippen LogP contribution in [0.15, 0.2) is 29.6 Å². The van der Waals surface area contributed by atoms with Crippen LogP contribution >= 0.6 is 11.3 Å². The smallest absolute Gasteiger partial charge is 0.229 e. The van der Waals surface area contributed by atoms with Crippen molar-refractivity contribution in [3.63, 3.8) is 0 Å². The first kappa shape index (κ1) is 9.48. The molecule has 0 bridgehead atoms. The molecule has 0 aliphatic rings. The first-order valence-electron chi connectivity index (χ1n) is 4.00. The number of anilines is 1. The SMILES string of the molecule is CS(=O)(=O)Nc1ccc2ccsc2c1. The zero-order valence-corrected chi connectivity index (χ0v) is 9.15. The van der Waals surface area contributed by atoms with Gasteiger partial charge in [-0.15, -0.1) is 11.3 Å². The van der Waals surface area contributed by atoms with Crippen LogP contribution in [-0.4, -0.2) is 14.7 Å². The van der Waals surface area contributed by atoms with Gasteiger partial charge in [-0.25, -0.2) is 8.42 Å². The maximum absolute atomic E-state index is 11.0. The molecule has 0 amide bonds. The lowest BCUT2D eigenvalue weighted by atomic mass is 10.2. The lowest BCUT2D eigenvalue weighted by molar-refractivity contribution is 0.607. The highest BCUT2D eigenvalue weighted by atomic mass is 32.2. The van der Waals surface area contributed by atoms with Gasteiger partial charge in [-0.2, -0.15) is 0 Å². The quantitative estimate of drug-likeness (QED) is 0.855. The molecule has 1 aromatic heterocycles. The zero-order valence-electron chi connectivity index (χ0n) is 7.52. The van der Waals surface area contributed by atoms with E-state index in [0.29, 0.717) is 5.69 Å². The van der Waals surface area contributed by atoms with Gasteiger partial charge < -0.3 is 0 Å². The summed E-state index contributed by atoms with van der Waals surface area (Å²) >= 11 is 1.59. The number of fused-ring (bicyclic) bond motifs is 1. The lowest BCUT2D eigenvalue weighted by Crippen LogP contribution is -2.09. The van der Waals surface area contributed by atoms with Crippen LogP contribution in [0.4, 0.5) is 5.69 Å². The van der Waals surface area contributed by atoms with Crippen molar-refractivity contribution < 1.29 is 8.42 Å². The molecule has 0 aliphatic carbocycles. The molecule has 5 heteroatoms. The fraction of sp³-hybridized carbons (Fsp3) is 0.111. The normalized spacial score (nSPS) is 11.8. The van der Waals surface area contributed by atoms with Crippen LogP contribution in [0.1, 0.15) is 0 Å². The van der Waals surface area contributed by atoms with Crippen molar-refractivity contribution in [2.24, 2.45) is 0 Å². The predicted octanol–water partition coefficient (Wildman–Crippen LogP) is 2.27. The average molecular weight is 227 g/mol. The zero-order chi connectivity index (χ0) is 10.2. The first-order chi connectivity index (χ1) is 6.54. The Morgan fingerprint density at radius 3 is 2.79 bits per heavy atom. The highest BCUT2D eigenvalue weighted by Crippen LogP contribution is 2.24. The van der Waals surface area contributed by atoms with E-state index < -0.39 is 10.0 Å². The van der Waals surface area contributed by atoms with Crippen molar-refractivity contribution in [1.82, 2.24) is 0 Å². The summed E-state index contributed by atoms with van der Waals surface area (Å²) in [6, 6.07) is 7.50. The number of thiophene rings is 1. The molecule has 3 nitrogen and oxygen atoms in total. The van der Waals surface area contributed by atoms with Gasteiger partial charge >= 0.3 is 0 Å². The number of rotatable bonds is 2. The summed E-state index contributed by atoms with van der Waals surface area (Å²) in [5.74, 6) is 0. The van der Waals surface area contributed by atoms with Crippen LogP contribution in [0.3, 0.4) is 0 Å². The second kappa shape index (κ2) is 3.25. The summed E-state index contributed by atoms with van der Waals surface area (Å²) in [5, 5.41) is 3.11. The van der Waals surface area contributed by atoms with Gasteiger partial charge in [0.1, 0.15) is 0 Å². The Morgan fingerprint density at radius 1 is 1.29 bits per heavy atom. The van der Waals surface area contributed by atoms with E-state index in [9.17, 15) is 8.42 Å². The third-order valence-corrected chi connectivity index (χ3v) is 3.25. The molecule has 0 saturated carbocycles. The maximum Gasteiger partial charge on any atom is 0.229 e. The molecule has 0 spiro atoms. The van der Waals surface area contributed by atoms with E-state index in [2.05, 4.69) is 4.72 Å². The van der Waals surface area contributed by atoms with Crippen molar-refractivity contribution in [3.8, 4) is 0 Å². The van der Waals surface area contributed by atoms with E-state index in [1.54, 1.807) is 17.4 Å². The minimum absolute atomic E-state index is 0.613. The Balaban J connectivity index is 2.44. The van der Waals surface area contributed by atoms with Gasteiger partial charge in [-0.1, -0.05) is 6.07 Å². The van der Waals surface area contributed by atoms with Crippen molar-refractivity contribution in [1.29, 1.82) is 0 Å². The van der Waals surface area contributed by atoms with Crippen LogP contribution in [-0.2, 0) is 10.0 Å². The van der Waals surface area contributed by atoms with Gasteiger partial charge in [0, 0.05) is 10.4 Å². The molecule has 1 aromatic carbocycles. The van der Waals surface area contributed by atoms with Crippen molar-refractivity contribution >= 4 is 37.1 Å². The van der Waals surface area contributed by atoms with Gasteiger partial charge in [-0.3, -0.25) is 4.72 Å². The van der Waals surface area contributed by atoms with Crippen LogP contribution < -0.4 is 4.72 Å². The molecule has 0 unspecified atom stereocenters. The third-order valence-electron chi connectivity index (χ3n) is 1.76. The monoisotopic (exact) mass is 227 g/mol. The van der Waals surface area contributed by atoms with E-state index in [-0.39, 0.29) is 0 Å². The summed E-state index contributed by atoms with van der Waals surface area (Å²) in [7, 11) is -3.17. The van der Waals surface area contributed by atoms with Gasteiger partial charge in [-0.05, 0) is 29.0 Å². The molecular formula is C9H9NO2S2. The second-order valence-corrected chi connectivity index (χ2v) is 5.74. The maximum atomic E-state index is 11.0.